The molecule has 2 heterocycles. The zero-order valence-electron chi connectivity index (χ0n) is 11.5. The number of aliphatic hydroxyl groups excluding tert-OH is 2. The van der Waals surface area contributed by atoms with Gasteiger partial charge in [0.05, 0.1) is 6.61 Å². The maximum atomic E-state index is 10.0. The lowest BCUT2D eigenvalue weighted by Crippen LogP contribution is -2.48. The van der Waals surface area contributed by atoms with Gasteiger partial charge in [-0.05, 0) is 0 Å². The van der Waals surface area contributed by atoms with Crippen molar-refractivity contribution < 1.29 is 33.9 Å². The first-order chi connectivity index (χ1) is 10.2. The number of rotatable bonds is 2. The topological polar surface area (TPSA) is 86.6 Å². The summed E-state index contributed by atoms with van der Waals surface area (Å²) < 4.78 is 26.9. The molecule has 3 rings (SSSR count). The molecule has 0 spiro atoms. The highest BCUT2D eigenvalue weighted by molar-refractivity contribution is 5.16. The van der Waals surface area contributed by atoms with Crippen LogP contribution in [0.4, 0.5) is 0 Å². The molecule has 2 N–H and O–H groups in total. The van der Waals surface area contributed by atoms with Gasteiger partial charge in [0.25, 0.3) is 0 Å². The number of fused-ring (bicyclic) bond motifs is 1. The van der Waals surface area contributed by atoms with E-state index >= 15 is 0 Å². The smallest absolute Gasteiger partial charge is 0.209 e. The van der Waals surface area contributed by atoms with Crippen molar-refractivity contribution in [3.05, 3.63) is 35.9 Å². The summed E-state index contributed by atoms with van der Waals surface area (Å²) in [6.45, 7) is 0.192. The summed E-state index contributed by atoms with van der Waals surface area (Å²) in [5.74, 6) is 0. The average molecular weight is 298 g/mol. The maximum absolute atomic E-state index is 10.0. The van der Waals surface area contributed by atoms with Crippen LogP contribution in [0.2, 0.25) is 0 Å². The van der Waals surface area contributed by atoms with Gasteiger partial charge >= 0.3 is 0 Å². The molecule has 2 fully saturated rings. The van der Waals surface area contributed by atoms with Crippen molar-refractivity contribution in [1.82, 2.24) is 0 Å². The molecule has 2 aliphatic rings. The molecule has 0 aliphatic carbocycles. The van der Waals surface area contributed by atoms with Crippen LogP contribution in [0, 0.1) is 0 Å². The van der Waals surface area contributed by atoms with Gasteiger partial charge in [0, 0.05) is 12.7 Å². The Labute approximate surface area is 121 Å². The van der Waals surface area contributed by atoms with Crippen LogP contribution in [0.5, 0.6) is 0 Å². The molecule has 1 aromatic rings. The first-order valence-corrected chi connectivity index (χ1v) is 6.71. The van der Waals surface area contributed by atoms with Crippen LogP contribution in [0.3, 0.4) is 0 Å². The molecular weight excluding hydrogens is 280 g/mol. The van der Waals surface area contributed by atoms with Gasteiger partial charge in [-0.3, -0.25) is 0 Å². The summed E-state index contributed by atoms with van der Waals surface area (Å²) in [4.78, 5) is 0. The van der Waals surface area contributed by atoms with Crippen LogP contribution < -0.4 is 0 Å². The maximum Gasteiger partial charge on any atom is 0.209 e. The molecule has 116 valence electrons. The number of aliphatic hydroxyl groups is 2. The molecule has 0 bridgehead atoms. The monoisotopic (exact) mass is 298 g/mol. The van der Waals surface area contributed by atoms with E-state index in [0.717, 1.165) is 5.56 Å². The van der Waals surface area contributed by atoms with E-state index in [9.17, 15) is 10.2 Å². The van der Waals surface area contributed by atoms with Gasteiger partial charge in [-0.15, -0.1) is 0 Å². The van der Waals surface area contributed by atoms with Crippen LogP contribution in [-0.2, 0) is 23.7 Å². The Kier molecular flexibility index (Phi) is 4.51. The Hall–Kier alpha value is -1.06. The van der Waals surface area contributed by atoms with Crippen molar-refractivity contribution in [3.63, 3.8) is 0 Å². The van der Waals surface area contributed by atoms with Crippen molar-refractivity contribution in [2.45, 2.75) is 37.4 Å². The van der Waals surface area contributed by atoms with E-state index in [1.165, 1.54) is 7.11 Å². The van der Waals surface area contributed by atoms with Crippen molar-refractivity contribution in [2.75, 3.05) is 13.7 Å². The zero-order chi connectivity index (χ0) is 14.8. The summed E-state index contributed by atoms with van der Waals surface area (Å²) in [5, 5.41) is 19.8. The van der Waals surface area contributed by atoms with Crippen molar-refractivity contribution in [3.8, 4) is 0 Å². The Morgan fingerprint density at radius 2 is 1.81 bits per heavy atom. The third-order valence-electron chi connectivity index (χ3n) is 3.46. The highest BCUT2D eigenvalue weighted by atomic mass is 16.8. The van der Waals surface area contributed by atoms with Crippen molar-refractivity contribution in [1.29, 1.82) is 0 Å². The Morgan fingerprint density at radius 1 is 1.05 bits per heavy atom. The molecule has 2 unspecified atom stereocenters. The Bertz CT molecular complexity index is 454. The van der Waals surface area contributed by atoms with Gasteiger partial charge in [0.2, 0.25) is 12.6 Å². The van der Waals surface area contributed by atoms with E-state index in [1.807, 2.05) is 30.3 Å². The number of ether oxygens (including phenoxy) is 5. The molecule has 0 saturated carbocycles. The summed E-state index contributed by atoms with van der Waals surface area (Å²) >= 11 is 0. The van der Waals surface area contributed by atoms with Gasteiger partial charge in [-0.2, -0.15) is 0 Å². The molecule has 0 aromatic heterocycles. The molecule has 2 aliphatic heterocycles. The second-order valence-electron chi connectivity index (χ2n) is 4.87. The molecular formula is C14H18O7. The molecule has 7 heteroatoms. The van der Waals surface area contributed by atoms with Gasteiger partial charge in [-0.25, -0.2) is 0 Å². The van der Waals surface area contributed by atoms with Gasteiger partial charge in [0.15, 0.2) is 12.6 Å². The molecule has 21 heavy (non-hydrogen) atoms. The SMILES string of the molecule is CO[C@H]1OC2CO[C@@H](c3ccccc3)OC2[C@@H](O)O[C@H]1O. The minimum absolute atomic E-state index is 0.192. The fourth-order valence-corrected chi connectivity index (χ4v) is 2.40. The van der Waals surface area contributed by atoms with Gasteiger partial charge in [-0.1, -0.05) is 30.3 Å². The van der Waals surface area contributed by atoms with E-state index in [0.29, 0.717) is 0 Å². The van der Waals surface area contributed by atoms with Crippen LogP contribution in [0.1, 0.15) is 11.9 Å². The average Bonchev–Trinajstić information content (AvgIpc) is 2.64. The third-order valence-corrected chi connectivity index (χ3v) is 3.46. The number of methoxy groups -OCH3 is 1. The minimum atomic E-state index is -1.39. The van der Waals surface area contributed by atoms with Gasteiger partial charge < -0.3 is 33.9 Å². The minimum Gasteiger partial charge on any atom is -0.366 e. The Morgan fingerprint density at radius 3 is 2.52 bits per heavy atom. The summed E-state index contributed by atoms with van der Waals surface area (Å²) in [5.41, 5.74) is 0.830. The number of benzene rings is 1. The predicted octanol–water partition coefficient (Wildman–Crippen LogP) is 0.125. The summed E-state index contributed by atoms with van der Waals surface area (Å²) in [7, 11) is 1.38. The lowest BCUT2D eigenvalue weighted by atomic mass is 10.1. The van der Waals surface area contributed by atoms with Crippen LogP contribution in [0.25, 0.3) is 0 Å². The first-order valence-electron chi connectivity index (χ1n) is 6.71. The molecule has 6 atom stereocenters. The number of hydrogen-bond donors (Lipinski definition) is 2. The highest BCUT2D eigenvalue weighted by Crippen LogP contribution is 2.32. The van der Waals surface area contributed by atoms with Crippen molar-refractivity contribution >= 4 is 0 Å². The summed E-state index contributed by atoms with van der Waals surface area (Å²) in [6, 6.07) is 9.36. The van der Waals surface area contributed by atoms with E-state index in [2.05, 4.69) is 0 Å². The predicted molar refractivity (Wildman–Crippen MR) is 68.8 cm³/mol. The van der Waals surface area contributed by atoms with Crippen molar-refractivity contribution in [2.24, 2.45) is 0 Å². The largest absolute Gasteiger partial charge is 0.366 e. The normalized spacial score (nSPS) is 40.3. The molecule has 7 nitrogen and oxygen atoms in total. The molecule has 0 radical (unpaired) electrons. The van der Waals surface area contributed by atoms with Crippen LogP contribution in [0.15, 0.2) is 30.3 Å². The second-order valence-corrected chi connectivity index (χ2v) is 4.87. The molecule has 1 aromatic carbocycles. The third kappa shape index (κ3) is 3.09. The fourth-order valence-electron chi connectivity index (χ4n) is 2.40. The standard InChI is InChI=1S/C14H18O7/c1-17-14-12(16)21-11(15)10-9(19-14)7-18-13(20-10)8-5-3-2-4-6-8/h2-6,9-16H,7H2,1H3/t9?,10?,11-,12+,13+,14-/m0/s1. The molecule has 0 amide bonds. The fraction of sp³-hybridized carbons (Fsp3) is 0.571. The number of hydrogen-bond acceptors (Lipinski definition) is 7. The highest BCUT2D eigenvalue weighted by Gasteiger charge is 2.45. The zero-order valence-corrected chi connectivity index (χ0v) is 11.5. The lowest BCUT2D eigenvalue weighted by Gasteiger charge is -2.36. The summed E-state index contributed by atoms with van der Waals surface area (Å²) in [6.07, 6.45) is -5.73. The van der Waals surface area contributed by atoms with Crippen LogP contribution in [-0.4, -0.2) is 55.0 Å². The van der Waals surface area contributed by atoms with E-state index in [-0.39, 0.29) is 6.61 Å². The van der Waals surface area contributed by atoms with E-state index in [1.54, 1.807) is 0 Å². The quantitative estimate of drug-likeness (QED) is 0.802. The van der Waals surface area contributed by atoms with Crippen LogP contribution >= 0.6 is 0 Å². The van der Waals surface area contributed by atoms with Gasteiger partial charge in [0.1, 0.15) is 12.2 Å². The first kappa shape index (κ1) is 14.9. The Balaban J connectivity index is 1.75. The molecule has 2 saturated heterocycles. The second kappa shape index (κ2) is 6.37. The lowest BCUT2D eigenvalue weighted by molar-refractivity contribution is -0.307. The van der Waals surface area contributed by atoms with E-state index < -0.39 is 37.4 Å². The van der Waals surface area contributed by atoms with E-state index in [4.69, 9.17) is 23.7 Å².